The van der Waals surface area contributed by atoms with Crippen molar-refractivity contribution >= 4 is 11.8 Å². The lowest BCUT2D eigenvalue weighted by molar-refractivity contribution is -0.164. The first-order valence-electron chi connectivity index (χ1n) is 13.0. The van der Waals surface area contributed by atoms with Crippen LogP contribution in [0.2, 0.25) is 0 Å². The average molecular weight is 504 g/mol. The maximum absolute atomic E-state index is 13.4. The minimum atomic E-state index is -0.941. The number of ether oxygens (including phenoxy) is 1. The van der Waals surface area contributed by atoms with Gasteiger partial charge in [0.05, 0.1) is 12.6 Å². The standard InChI is InChI=1S/C30H37N3O4/c1-5-6-17-33-28(35)26(27(34)21(2)3)31-29(36)30(33)15-18-32(19-16-30)20-23-9-13-25(14-10-23)37-24-11-7-22(4)8-12-24/h7-14,21,26-27,34H,15-20H2,1-4H3,(H,31,36). The maximum atomic E-state index is 13.4. The van der Waals surface area contributed by atoms with E-state index in [1.807, 2.05) is 57.2 Å². The van der Waals surface area contributed by atoms with Crippen LogP contribution in [0.15, 0.2) is 48.5 Å². The number of aliphatic hydroxyl groups is 1. The average Bonchev–Trinajstić information content (AvgIpc) is 2.89. The highest BCUT2D eigenvalue weighted by atomic mass is 16.5. The lowest BCUT2D eigenvalue weighted by Crippen LogP contribution is -2.74. The number of hydrogen-bond acceptors (Lipinski definition) is 5. The molecule has 196 valence electrons. The highest BCUT2D eigenvalue weighted by Gasteiger charge is 2.54. The van der Waals surface area contributed by atoms with E-state index in [9.17, 15) is 14.7 Å². The summed E-state index contributed by atoms with van der Waals surface area (Å²) < 4.78 is 5.94. The fourth-order valence-electron chi connectivity index (χ4n) is 5.08. The second-order valence-corrected chi connectivity index (χ2v) is 10.4. The Morgan fingerprint density at radius 1 is 1.05 bits per heavy atom. The van der Waals surface area contributed by atoms with Crippen LogP contribution in [-0.2, 0) is 16.1 Å². The fourth-order valence-corrected chi connectivity index (χ4v) is 5.08. The zero-order valence-electron chi connectivity index (χ0n) is 22.2. The van der Waals surface area contributed by atoms with Gasteiger partial charge in [0.1, 0.15) is 23.1 Å². The number of piperidine rings is 1. The predicted octanol–water partition coefficient (Wildman–Crippen LogP) is 3.49. The molecule has 2 aliphatic rings. The molecule has 2 aromatic rings. The number of amides is 2. The summed E-state index contributed by atoms with van der Waals surface area (Å²) in [6, 6.07) is 15.1. The summed E-state index contributed by atoms with van der Waals surface area (Å²) in [6.07, 6.45) is 0.105. The molecule has 1 spiro atoms. The van der Waals surface area contributed by atoms with Gasteiger partial charge in [-0.05, 0) is 62.4 Å². The van der Waals surface area contributed by atoms with Crippen LogP contribution in [0.1, 0.15) is 44.7 Å². The Hall–Kier alpha value is -3.34. The van der Waals surface area contributed by atoms with Crippen LogP contribution >= 0.6 is 0 Å². The van der Waals surface area contributed by atoms with E-state index in [4.69, 9.17) is 4.74 Å². The number of rotatable bonds is 7. The van der Waals surface area contributed by atoms with Crippen molar-refractivity contribution in [1.29, 1.82) is 0 Å². The number of carbonyl (C=O) groups excluding carboxylic acids is 2. The Balaban J connectivity index is 1.40. The summed E-state index contributed by atoms with van der Waals surface area (Å²) in [7, 11) is 0. The second kappa shape index (κ2) is 11.4. The molecule has 2 unspecified atom stereocenters. The Morgan fingerprint density at radius 3 is 2.22 bits per heavy atom. The molecule has 0 saturated carbocycles. The van der Waals surface area contributed by atoms with Gasteiger partial charge in [-0.3, -0.25) is 14.5 Å². The first-order valence-corrected chi connectivity index (χ1v) is 13.0. The number of piperazine rings is 1. The van der Waals surface area contributed by atoms with Crippen LogP contribution in [0.3, 0.4) is 0 Å². The topological polar surface area (TPSA) is 82.1 Å². The molecule has 2 fully saturated rings. The van der Waals surface area contributed by atoms with Crippen LogP contribution in [0.25, 0.3) is 0 Å². The third kappa shape index (κ3) is 5.82. The molecule has 4 rings (SSSR count). The molecule has 2 aliphatic heterocycles. The van der Waals surface area contributed by atoms with Crippen molar-refractivity contribution in [2.45, 2.75) is 64.8 Å². The molecule has 0 bridgehead atoms. The van der Waals surface area contributed by atoms with Gasteiger partial charge in [-0.2, -0.15) is 0 Å². The maximum Gasteiger partial charge on any atom is 0.249 e. The molecule has 2 atom stereocenters. The molecule has 7 nitrogen and oxygen atoms in total. The monoisotopic (exact) mass is 503 g/mol. The summed E-state index contributed by atoms with van der Waals surface area (Å²) in [5, 5.41) is 13.4. The van der Waals surface area contributed by atoms with Gasteiger partial charge < -0.3 is 20.1 Å². The van der Waals surface area contributed by atoms with E-state index in [0.717, 1.165) is 23.6 Å². The van der Waals surface area contributed by atoms with Gasteiger partial charge >= 0.3 is 0 Å². The number of likely N-dealkylation sites (tertiary alicyclic amines) is 1. The van der Waals surface area contributed by atoms with Crippen LogP contribution in [0, 0.1) is 24.7 Å². The van der Waals surface area contributed by atoms with Gasteiger partial charge in [0, 0.05) is 19.6 Å². The minimum absolute atomic E-state index is 0.155. The molecule has 37 heavy (non-hydrogen) atoms. The van der Waals surface area contributed by atoms with Gasteiger partial charge in [-0.1, -0.05) is 49.6 Å². The number of aryl methyl sites for hydroxylation is 1. The van der Waals surface area contributed by atoms with Crippen LogP contribution in [0.4, 0.5) is 0 Å². The van der Waals surface area contributed by atoms with Crippen molar-refractivity contribution < 1.29 is 19.4 Å². The van der Waals surface area contributed by atoms with E-state index in [1.54, 1.807) is 11.8 Å². The van der Waals surface area contributed by atoms with E-state index in [1.165, 1.54) is 5.56 Å². The molecule has 2 amide bonds. The van der Waals surface area contributed by atoms with E-state index >= 15 is 0 Å². The normalized spacial score (nSPS) is 20.4. The lowest BCUT2D eigenvalue weighted by Gasteiger charge is -2.51. The van der Waals surface area contributed by atoms with Gasteiger partial charge in [0.25, 0.3) is 0 Å². The van der Waals surface area contributed by atoms with Crippen LogP contribution in [-0.4, -0.2) is 64.0 Å². The van der Waals surface area contributed by atoms with Crippen molar-refractivity contribution in [3.63, 3.8) is 0 Å². The largest absolute Gasteiger partial charge is 0.457 e. The molecular formula is C30H37N3O4. The number of nitrogens with one attached hydrogen (secondary N) is 1. The first kappa shape index (κ1) is 26.7. The van der Waals surface area contributed by atoms with E-state index in [0.29, 0.717) is 25.9 Å². The zero-order chi connectivity index (χ0) is 26.6. The summed E-state index contributed by atoms with van der Waals surface area (Å²) in [4.78, 5) is 30.7. The summed E-state index contributed by atoms with van der Waals surface area (Å²) in [6.45, 7) is 9.73. The molecular weight excluding hydrogens is 466 g/mol. The van der Waals surface area contributed by atoms with Gasteiger partial charge in [0.2, 0.25) is 11.8 Å². The molecule has 2 aromatic carbocycles. The number of hydrogen-bond donors (Lipinski definition) is 2. The van der Waals surface area contributed by atoms with Crippen molar-refractivity contribution in [2.24, 2.45) is 5.92 Å². The highest BCUT2D eigenvalue weighted by Crippen LogP contribution is 2.34. The van der Waals surface area contributed by atoms with Gasteiger partial charge in [-0.15, -0.1) is 5.92 Å². The minimum Gasteiger partial charge on any atom is -0.457 e. The number of nitrogens with zero attached hydrogens (tertiary/aromatic N) is 2. The Morgan fingerprint density at radius 2 is 1.65 bits per heavy atom. The highest BCUT2D eigenvalue weighted by molar-refractivity contribution is 6.00. The lowest BCUT2D eigenvalue weighted by atomic mass is 9.80. The Kier molecular flexibility index (Phi) is 8.21. The predicted molar refractivity (Wildman–Crippen MR) is 143 cm³/mol. The quantitative estimate of drug-likeness (QED) is 0.566. The smallest absolute Gasteiger partial charge is 0.249 e. The van der Waals surface area contributed by atoms with E-state index < -0.39 is 17.7 Å². The van der Waals surface area contributed by atoms with Crippen molar-refractivity contribution in [1.82, 2.24) is 15.1 Å². The molecule has 2 N–H and O–H groups in total. The Labute approximate surface area is 219 Å². The van der Waals surface area contributed by atoms with E-state index in [2.05, 4.69) is 34.2 Å². The van der Waals surface area contributed by atoms with Crippen molar-refractivity contribution in [3.05, 3.63) is 59.7 Å². The molecule has 0 aromatic heterocycles. The molecule has 0 radical (unpaired) electrons. The number of carbonyl (C=O) groups is 2. The van der Waals surface area contributed by atoms with Crippen LogP contribution in [0.5, 0.6) is 11.5 Å². The molecule has 7 heteroatoms. The molecule has 2 heterocycles. The van der Waals surface area contributed by atoms with Gasteiger partial charge in [-0.25, -0.2) is 0 Å². The summed E-state index contributed by atoms with van der Waals surface area (Å²) in [5.74, 6) is 6.82. The number of aliphatic hydroxyl groups excluding tert-OH is 1. The Bertz CT molecular complexity index is 1160. The van der Waals surface area contributed by atoms with Gasteiger partial charge in [0.15, 0.2) is 0 Å². The first-order chi connectivity index (χ1) is 17.7. The zero-order valence-corrected chi connectivity index (χ0v) is 22.2. The SMILES string of the molecule is CC#CCN1C(=O)C(C(O)C(C)C)NC(=O)C12CCN(Cc1ccc(Oc3ccc(C)cc3)cc1)CC2. The third-order valence-corrected chi connectivity index (χ3v) is 7.47. The third-order valence-electron chi connectivity index (χ3n) is 7.47. The molecule has 0 aliphatic carbocycles. The second-order valence-electron chi connectivity index (χ2n) is 10.4. The van der Waals surface area contributed by atoms with Crippen molar-refractivity contribution in [3.8, 4) is 23.3 Å². The summed E-state index contributed by atoms with van der Waals surface area (Å²) >= 11 is 0. The number of benzene rings is 2. The van der Waals surface area contributed by atoms with Crippen LogP contribution < -0.4 is 10.1 Å². The van der Waals surface area contributed by atoms with Crippen molar-refractivity contribution in [2.75, 3.05) is 19.6 Å². The fraction of sp³-hybridized carbons (Fsp3) is 0.467. The summed E-state index contributed by atoms with van der Waals surface area (Å²) in [5.41, 5.74) is 1.41. The molecule has 2 saturated heterocycles. The van der Waals surface area contributed by atoms with E-state index in [-0.39, 0.29) is 24.3 Å².